The molecule has 0 amide bonds. The lowest BCUT2D eigenvalue weighted by Gasteiger charge is -2.39. The molecule has 7 heteroatoms. The number of para-hydroxylation sites is 3. The standard InChI is InChI=1S/C54H30N6O/c55-31-35-29-37(30-36(32-56)48(35)53-58-51(33-15-3-1-4-16-33)57-52(59-53)34-17-5-2-6-18-34)60-44-24-12-8-20-39(44)50-45(60)28-27-43-49(50)38-19-7-9-21-40(38)54(43)41-22-10-13-25-46(41)61-47-26-14-11-23-42(47)54/h1-30H. The molecule has 1 aliphatic carbocycles. The second-order valence-corrected chi connectivity index (χ2v) is 15.3. The Morgan fingerprint density at radius 3 is 1.61 bits per heavy atom. The van der Waals surface area contributed by atoms with Gasteiger partial charge in [0.1, 0.15) is 23.6 Å². The van der Waals surface area contributed by atoms with Crippen LogP contribution in [0.4, 0.5) is 0 Å². The predicted octanol–water partition coefficient (Wildman–Crippen LogP) is 12.2. The average molecular weight is 779 g/mol. The predicted molar refractivity (Wildman–Crippen MR) is 237 cm³/mol. The summed E-state index contributed by atoms with van der Waals surface area (Å²) in [5, 5.41) is 24.0. The molecule has 2 aliphatic rings. The smallest absolute Gasteiger partial charge is 0.166 e. The van der Waals surface area contributed by atoms with Crippen LogP contribution in [-0.2, 0) is 5.41 Å². The van der Waals surface area contributed by atoms with E-state index in [0.717, 1.165) is 66.7 Å². The molecule has 0 saturated heterocycles. The molecule has 0 N–H and O–H groups in total. The van der Waals surface area contributed by atoms with Crippen molar-refractivity contribution in [2.24, 2.45) is 0 Å². The van der Waals surface area contributed by atoms with Crippen molar-refractivity contribution in [2.75, 3.05) is 0 Å². The Kier molecular flexibility index (Phi) is 7.44. The van der Waals surface area contributed by atoms with Crippen LogP contribution in [0.3, 0.4) is 0 Å². The summed E-state index contributed by atoms with van der Waals surface area (Å²) in [5.41, 5.74) is 11.4. The summed E-state index contributed by atoms with van der Waals surface area (Å²) in [6.07, 6.45) is 0. The number of nitriles is 2. The fourth-order valence-corrected chi connectivity index (χ4v) is 9.77. The Morgan fingerprint density at radius 1 is 0.459 bits per heavy atom. The van der Waals surface area contributed by atoms with E-state index in [1.165, 1.54) is 11.1 Å². The van der Waals surface area contributed by atoms with Gasteiger partial charge in [0.25, 0.3) is 0 Å². The van der Waals surface area contributed by atoms with Crippen LogP contribution in [0.15, 0.2) is 182 Å². The quantitative estimate of drug-likeness (QED) is 0.176. The first-order valence-corrected chi connectivity index (χ1v) is 20.1. The maximum atomic E-state index is 10.9. The van der Waals surface area contributed by atoms with Crippen molar-refractivity contribution in [1.82, 2.24) is 19.5 Å². The number of nitrogens with zero attached hydrogens (tertiary/aromatic N) is 6. The normalized spacial score (nSPS) is 12.8. The molecular formula is C54H30N6O. The fraction of sp³-hybridized carbons (Fsp3) is 0.0185. The van der Waals surface area contributed by atoms with Crippen LogP contribution in [0, 0.1) is 22.7 Å². The lowest BCUT2D eigenvalue weighted by atomic mass is 9.66. The van der Waals surface area contributed by atoms with E-state index < -0.39 is 5.41 Å². The summed E-state index contributed by atoms with van der Waals surface area (Å²) in [6.45, 7) is 0. The van der Waals surface area contributed by atoms with Gasteiger partial charge in [-0.1, -0.05) is 146 Å². The van der Waals surface area contributed by atoms with Gasteiger partial charge in [-0.2, -0.15) is 10.5 Å². The van der Waals surface area contributed by atoms with E-state index in [0.29, 0.717) is 22.9 Å². The Bertz CT molecular complexity index is 3400. The van der Waals surface area contributed by atoms with Gasteiger partial charge >= 0.3 is 0 Å². The van der Waals surface area contributed by atoms with E-state index in [1.807, 2.05) is 91.0 Å². The van der Waals surface area contributed by atoms with Crippen LogP contribution in [0.1, 0.15) is 33.4 Å². The number of aromatic nitrogens is 4. The molecule has 1 spiro atoms. The highest BCUT2D eigenvalue weighted by molar-refractivity contribution is 6.18. The first-order valence-electron chi connectivity index (χ1n) is 20.1. The molecule has 2 aromatic heterocycles. The Hall–Kier alpha value is -8.65. The molecule has 3 heterocycles. The van der Waals surface area contributed by atoms with Crippen molar-refractivity contribution in [1.29, 1.82) is 10.5 Å². The zero-order valence-electron chi connectivity index (χ0n) is 32.4. The molecule has 0 fully saturated rings. The van der Waals surface area contributed by atoms with Crippen molar-refractivity contribution in [3.05, 3.63) is 215 Å². The van der Waals surface area contributed by atoms with Gasteiger partial charge in [0.2, 0.25) is 0 Å². The van der Waals surface area contributed by atoms with E-state index in [-0.39, 0.29) is 17.0 Å². The third-order valence-electron chi connectivity index (χ3n) is 12.2. The maximum Gasteiger partial charge on any atom is 0.166 e. The lowest BCUT2D eigenvalue weighted by molar-refractivity contribution is 0.436. The molecule has 61 heavy (non-hydrogen) atoms. The average Bonchev–Trinajstić information content (AvgIpc) is 3.82. The van der Waals surface area contributed by atoms with Gasteiger partial charge in [-0.3, -0.25) is 0 Å². The van der Waals surface area contributed by atoms with E-state index >= 15 is 0 Å². The SMILES string of the molecule is N#Cc1cc(-n2c3ccccc3c3c4c(ccc32)C2(c3ccccc3Oc3ccccc32)c2ccccc2-4)cc(C#N)c1-c1nc(-c2ccccc2)nc(-c2ccccc2)n1. The number of rotatable bonds is 4. The molecule has 282 valence electrons. The monoisotopic (exact) mass is 778 g/mol. The zero-order valence-corrected chi connectivity index (χ0v) is 32.4. The molecule has 8 aromatic carbocycles. The minimum Gasteiger partial charge on any atom is -0.457 e. The third kappa shape index (κ3) is 4.86. The second-order valence-electron chi connectivity index (χ2n) is 15.3. The zero-order chi connectivity index (χ0) is 40.7. The number of benzene rings is 8. The minimum atomic E-state index is -0.625. The van der Waals surface area contributed by atoms with Crippen molar-refractivity contribution in [2.45, 2.75) is 5.41 Å². The molecule has 0 atom stereocenters. The largest absolute Gasteiger partial charge is 0.457 e. The first kappa shape index (κ1) is 34.4. The highest BCUT2D eigenvalue weighted by Gasteiger charge is 2.51. The Morgan fingerprint density at radius 2 is 0.984 bits per heavy atom. The van der Waals surface area contributed by atoms with Gasteiger partial charge in [0.05, 0.1) is 33.1 Å². The van der Waals surface area contributed by atoms with E-state index in [9.17, 15) is 10.5 Å². The summed E-state index contributed by atoms with van der Waals surface area (Å²) in [5.74, 6) is 2.83. The van der Waals surface area contributed by atoms with Gasteiger partial charge in [0.15, 0.2) is 17.5 Å². The molecule has 0 bridgehead atoms. The third-order valence-corrected chi connectivity index (χ3v) is 12.2. The van der Waals surface area contributed by atoms with Gasteiger partial charge < -0.3 is 9.30 Å². The number of ether oxygens (including phenoxy) is 1. The van der Waals surface area contributed by atoms with E-state index in [2.05, 4.69) is 108 Å². The molecule has 12 rings (SSSR count). The van der Waals surface area contributed by atoms with E-state index in [1.54, 1.807) is 0 Å². The Balaban J connectivity index is 1.12. The molecule has 10 aromatic rings. The molecular weight excluding hydrogens is 749 g/mol. The van der Waals surface area contributed by atoms with Gasteiger partial charge in [-0.05, 0) is 58.7 Å². The van der Waals surface area contributed by atoms with Crippen LogP contribution in [0.2, 0.25) is 0 Å². The summed E-state index contributed by atoms with van der Waals surface area (Å²) < 4.78 is 8.76. The minimum absolute atomic E-state index is 0.256. The lowest BCUT2D eigenvalue weighted by Crippen LogP contribution is -2.32. The fourth-order valence-electron chi connectivity index (χ4n) is 9.77. The molecule has 7 nitrogen and oxygen atoms in total. The number of fused-ring (bicyclic) bond motifs is 13. The Labute approximate surface area is 350 Å². The van der Waals surface area contributed by atoms with Gasteiger partial charge in [-0.25, -0.2) is 15.0 Å². The maximum absolute atomic E-state index is 10.9. The van der Waals surface area contributed by atoms with Crippen LogP contribution < -0.4 is 4.74 Å². The van der Waals surface area contributed by atoms with Crippen molar-refractivity contribution in [3.63, 3.8) is 0 Å². The van der Waals surface area contributed by atoms with Crippen molar-refractivity contribution in [3.8, 4) is 74.6 Å². The van der Waals surface area contributed by atoms with Crippen molar-refractivity contribution < 1.29 is 4.74 Å². The van der Waals surface area contributed by atoms with E-state index in [4.69, 9.17) is 19.7 Å². The summed E-state index contributed by atoms with van der Waals surface area (Å²) in [4.78, 5) is 14.6. The topological polar surface area (TPSA) is 100 Å². The van der Waals surface area contributed by atoms with Gasteiger partial charge in [0, 0.05) is 38.7 Å². The number of hydrogen-bond donors (Lipinski definition) is 0. The molecule has 0 radical (unpaired) electrons. The van der Waals surface area contributed by atoms with Crippen LogP contribution in [0.25, 0.3) is 72.8 Å². The highest BCUT2D eigenvalue weighted by atomic mass is 16.5. The molecule has 0 saturated carbocycles. The van der Waals surface area contributed by atoms with Crippen LogP contribution in [-0.4, -0.2) is 19.5 Å². The van der Waals surface area contributed by atoms with Crippen LogP contribution in [0.5, 0.6) is 11.5 Å². The number of hydrogen-bond acceptors (Lipinski definition) is 6. The highest BCUT2D eigenvalue weighted by Crippen LogP contribution is 2.63. The molecule has 1 aliphatic heterocycles. The first-order chi connectivity index (χ1) is 30.2. The second kappa shape index (κ2) is 13.2. The van der Waals surface area contributed by atoms with Crippen molar-refractivity contribution >= 4 is 21.8 Å². The van der Waals surface area contributed by atoms with Crippen LogP contribution >= 0.6 is 0 Å². The van der Waals surface area contributed by atoms with Gasteiger partial charge in [-0.15, -0.1) is 0 Å². The summed E-state index contributed by atoms with van der Waals surface area (Å²) >= 11 is 0. The summed E-state index contributed by atoms with van der Waals surface area (Å²) in [7, 11) is 0. The molecule has 0 unspecified atom stereocenters. The summed E-state index contributed by atoms with van der Waals surface area (Å²) in [6, 6.07) is 66.2.